The molecule has 5 nitrogen and oxygen atoms in total. The smallest absolute Gasteiger partial charge is 0.228 e. The molecule has 0 saturated carbocycles. The lowest BCUT2D eigenvalue weighted by atomic mass is 9.98. The van der Waals surface area contributed by atoms with E-state index in [2.05, 4.69) is 19.4 Å². The van der Waals surface area contributed by atoms with Crippen molar-refractivity contribution in [3.63, 3.8) is 0 Å². The zero-order chi connectivity index (χ0) is 15.4. The number of aryl methyl sites for hydroxylation is 2. The van der Waals surface area contributed by atoms with Gasteiger partial charge in [-0.25, -0.2) is 9.97 Å². The van der Waals surface area contributed by atoms with Crippen LogP contribution in [0.3, 0.4) is 0 Å². The van der Waals surface area contributed by atoms with E-state index in [0.717, 1.165) is 43.1 Å². The van der Waals surface area contributed by atoms with Gasteiger partial charge in [-0.05, 0) is 32.6 Å². The number of likely N-dealkylation sites (tertiary alicyclic amines) is 1. The molecule has 0 unspecified atom stereocenters. The Kier molecular flexibility index (Phi) is 4.87. The molecule has 0 bridgehead atoms. The zero-order valence-corrected chi connectivity index (χ0v) is 13.8. The third-order valence-corrected chi connectivity index (χ3v) is 5.05. The molecular weight excluding hydrogens is 296 g/mol. The second-order valence-electron chi connectivity index (χ2n) is 5.86. The summed E-state index contributed by atoms with van der Waals surface area (Å²) in [7, 11) is 0. The Balaban J connectivity index is 1.60. The summed E-state index contributed by atoms with van der Waals surface area (Å²) in [6.45, 7) is 3.79. The van der Waals surface area contributed by atoms with Crippen molar-refractivity contribution in [2.75, 3.05) is 6.54 Å². The van der Waals surface area contributed by atoms with Gasteiger partial charge >= 0.3 is 0 Å². The number of piperidine rings is 1. The molecule has 1 aliphatic rings. The highest BCUT2D eigenvalue weighted by atomic mass is 32.1. The lowest BCUT2D eigenvalue weighted by Gasteiger charge is -2.36. The second kappa shape index (κ2) is 7.05. The van der Waals surface area contributed by atoms with Gasteiger partial charge in [0.05, 0.1) is 23.4 Å². The number of carbonyl (C=O) groups is 1. The van der Waals surface area contributed by atoms with Gasteiger partial charge in [0.2, 0.25) is 5.91 Å². The number of carbonyl (C=O) groups excluding carboxylic acids is 1. The van der Waals surface area contributed by atoms with Gasteiger partial charge in [0.1, 0.15) is 0 Å². The maximum atomic E-state index is 12.6. The summed E-state index contributed by atoms with van der Waals surface area (Å²) >= 11 is 1.61. The average Bonchev–Trinajstić information content (AvgIpc) is 3.17. The van der Waals surface area contributed by atoms with Crippen LogP contribution < -0.4 is 0 Å². The molecule has 1 amide bonds. The highest BCUT2D eigenvalue weighted by molar-refractivity contribution is 7.09. The first kappa shape index (κ1) is 15.2. The van der Waals surface area contributed by atoms with Crippen LogP contribution in [0, 0.1) is 6.92 Å². The molecule has 2 aromatic rings. The molecule has 22 heavy (non-hydrogen) atoms. The zero-order valence-electron chi connectivity index (χ0n) is 12.9. The van der Waals surface area contributed by atoms with Gasteiger partial charge in [-0.2, -0.15) is 0 Å². The van der Waals surface area contributed by atoms with Gasteiger partial charge in [0, 0.05) is 36.9 Å². The summed E-state index contributed by atoms with van der Waals surface area (Å²) in [5.41, 5.74) is 0.909. The molecule has 0 radical (unpaired) electrons. The molecule has 118 valence electrons. The molecule has 0 aromatic carbocycles. The molecule has 0 aliphatic carbocycles. The van der Waals surface area contributed by atoms with Crippen LogP contribution >= 0.6 is 11.3 Å². The van der Waals surface area contributed by atoms with E-state index in [4.69, 9.17) is 0 Å². The van der Waals surface area contributed by atoms with Gasteiger partial charge in [0.25, 0.3) is 0 Å². The molecule has 1 aliphatic heterocycles. The number of hydrogen-bond acceptors (Lipinski definition) is 4. The predicted molar refractivity (Wildman–Crippen MR) is 86.8 cm³/mol. The van der Waals surface area contributed by atoms with Crippen LogP contribution in [0.5, 0.6) is 0 Å². The maximum absolute atomic E-state index is 12.6. The minimum Gasteiger partial charge on any atom is -0.339 e. The SMILES string of the molecule is Cc1nc(CC(=O)N2CCCC[C@@H]2CCn2ccnc2)cs1. The van der Waals surface area contributed by atoms with Gasteiger partial charge in [-0.1, -0.05) is 0 Å². The third kappa shape index (κ3) is 3.74. The van der Waals surface area contributed by atoms with Crippen LogP contribution in [-0.2, 0) is 17.8 Å². The lowest BCUT2D eigenvalue weighted by molar-refractivity contribution is -0.134. The summed E-state index contributed by atoms with van der Waals surface area (Å²) in [5.74, 6) is 0.223. The van der Waals surface area contributed by atoms with Crippen molar-refractivity contribution in [2.45, 2.75) is 51.6 Å². The van der Waals surface area contributed by atoms with Crippen LogP contribution in [-0.4, -0.2) is 37.9 Å². The minimum atomic E-state index is 0.223. The Morgan fingerprint density at radius 2 is 2.36 bits per heavy atom. The standard InChI is InChI=1S/C16H22N4OS/c1-13-18-14(11-22-13)10-16(21)20-7-3-2-4-15(20)5-8-19-9-6-17-12-19/h6,9,11-12,15H,2-5,7-8,10H2,1H3/t15-/m1/s1. The Bertz CT molecular complexity index is 607. The molecule has 1 atom stereocenters. The number of rotatable bonds is 5. The second-order valence-corrected chi connectivity index (χ2v) is 6.92. The molecule has 0 spiro atoms. The monoisotopic (exact) mass is 318 g/mol. The fraction of sp³-hybridized carbons (Fsp3) is 0.562. The van der Waals surface area contributed by atoms with E-state index in [-0.39, 0.29) is 5.91 Å². The Morgan fingerprint density at radius 1 is 1.45 bits per heavy atom. The lowest BCUT2D eigenvalue weighted by Crippen LogP contribution is -2.44. The number of aromatic nitrogens is 3. The first-order chi connectivity index (χ1) is 10.7. The minimum absolute atomic E-state index is 0.223. The molecule has 6 heteroatoms. The van der Waals surface area contributed by atoms with Crippen molar-refractivity contribution < 1.29 is 4.79 Å². The average molecular weight is 318 g/mol. The molecule has 3 rings (SSSR count). The first-order valence-corrected chi connectivity index (χ1v) is 8.76. The number of amides is 1. The van der Waals surface area contributed by atoms with Crippen molar-refractivity contribution in [1.82, 2.24) is 19.4 Å². The van der Waals surface area contributed by atoms with E-state index >= 15 is 0 Å². The molecular formula is C16H22N4OS. The maximum Gasteiger partial charge on any atom is 0.228 e. The van der Waals surface area contributed by atoms with Crippen LogP contribution in [0.1, 0.15) is 36.4 Å². The van der Waals surface area contributed by atoms with E-state index in [9.17, 15) is 4.79 Å². The fourth-order valence-corrected chi connectivity index (χ4v) is 3.70. The van der Waals surface area contributed by atoms with E-state index < -0.39 is 0 Å². The van der Waals surface area contributed by atoms with Crippen molar-refractivity contribution in [2.24, 2.45) is 0 Å². The number of thiazole rings is 1. The summed E-state index contributed by atoms with van der Waals surface area (Å²) < 4.78 is 2.08. The summed E-state index contributed by atoms with van der Waals surface area (Å²) in [6, 6.07) is 0.350. The number of hydrogen-bond donors (Lipinski definition) is 0. The van der Waals surface area contributed by atoms with Crippen molar-refractivity contribution in [3.05, 3.63) is 34.8 Å². The number of nitrogens with zero attached hydrogens (tertiary/aromatic N) is 4. The molecule has 0 N–H and O–H groups in total. The van der Waals surface area contributed by atoms with E-state index in [1.54, 1.807) is 17.5 Å². The first-order valence-electron chi connectivity index (χ1n) is 7.88. The van der Waals surface area contributed by atoms with Crippen molar-refractivity contribution >= 4 is 17.2 Å². The Morgan fingerprint density at radius 3 is 3.09 bits per heavy atom. The predicted octanol–water partition coefficient (Wildman–Crippen LogP) is 2.66. The van der Waals surface area contributed by atoms with Crippen molar-refractivity contribution in [1.29, 1.82) is 0 Å². The molecule has 3 heterocycles. The van der Waals surface area contributed by atoms with Crippen molar-refractivity contribution in [3.8, 4) is 0 Å². The van der Waals surface area contributed by atoms with E-state index in [1.165, 1.54) is 6.42 Å². The molecule has 1 saturated heterocycles. The van der Waals surface area contributed by atoms with Crippen LogP contribution in [0.4, 0.5) is 0 Å². The van der Waals surface area contributed by atoms with Crippen LogP contribution in [0.2, 0.25) is 0 Å². The third-order valence-electron chi connectivity index (χ3n) is 4.23. The van der Waals surface area contributed by atoms with E-state index in [1.807, 2.05) is 24.8 Å². The summed E-state index contributed by atoms with van der Waals surface area (Å²) in [6.07, 6.45) is 10.5. The van der Waals surface area contributed by atoms with Gasteiger partial charge in [-0.3, -0.25) is 4.79 Å². The summed E-state index contributed by atoms with van der Waals surface area (Å²) in [4.78, 5) is 23.2. The highest BCUT2D eigenvalue weighted by Crippen LogP contribution is 2.22. The van der Waals surface area contributed by atoms with Crippen LogP contribution in [0.15, 0.2) is 24.1 Å². The Labute approximate surface area is 135 Å². The normalized spacial score (nSPS) is 18.6. The Hall–Kier alpha value is -1.69. The highest BCUT2D eigenvalue weighted by Gasteiger charge is 2.26. The number of imidazole rings is 1. The van der Waals surface area contributed by atoms with E-state index in [0.29, 0.717) is 12.5 Å². The largest absolute Gasteiger partial charge is 0.339 e. The topological polar surface area (TPSA) is 51.0 Å². The quantitative estimate of drug-likeness (QED) is 0.851. The molecule has 2 aromatic heterocycles. The van der Waals surface area contributed by atoms with Crippen LogP contribution in [0.25, 0.3) is 0 Å². The summed E-state index contributed by atoms with van der Waals surface area (Å²) in [5, 5.41) is 3.02. The molecule has 1 fully saturated rings. The van der Waals surface area contributed by atoms with Gasteiger partial charge in [0.15, 0.2) is 0 Å². The fourth-order valence-electron chi connectivity index (χ4n) is 3.09. The van der Waals surface area contributed by atoms with Gasteiger partial charge in [-0.15, -0.1) is 11.3 Å². The van der Waals surface area contributed by atoms with Gasteiger partial charge < -0.3 is 9.47 Å².